The number of hydrogen-bond acceptors (Lipinski definition) is 5. The van der Waals surface area contributed by atoms with Gasteiger partial charge in [0.25, 0.3) is 0 Å². The number of aromatic nitrogens is 3. The number of amides is 2. The molecule has 2 aromatic heterocycles. The number of nitrogens with zero attached hydrogens (tertiary/aromatic N) is 4. The number of fused-ring (bicyclic) bond motifs is 3. The number of anilines is 1. The van der Waals surface area contributed by atoms with Crippen molar-refractivity contribution in [2.45, 2.75) is 84.5 Å². The average molecular weight is 490 g/mol. The number of imidazole rings is 1. The van der Waals surface area contributed by atoms with Crippen molar-refractivity contribution in [2.24, 2.45) is 5.92 Å². The van der Waals surface area contributed by atoms with Crippen LogP contribution in [0.1, 0.15) is 70.8 Å². The normalized spacial score (nSPS) is 16.2. The number of rotatable bonds is 7. The van der Waals surface area contributed by atoms with Crippen molar-refractivity contribution in [3.63, 3.8) is 0 Å². The lowest BCUT2D eigenvalue weighted by molar-refractivity contribution is -0.120. The molecule has 0 atom stereocenters. The standard InChI is InChI=1S/C28H35N5O3/c1-18(2)9-13-32-22-7-6-19(15-30-26(35)36-27(3,4)5)14-21(22)31-24(32)17-33-23-16-29-12-8-20(23)28(10-11-28)25(33)34/h6-8,12,14,16,18H,9-11,13,15,17H2,1-5H3,(H,30,35). The summed E-state index contributed by atoms with van der Waals surface area (Å²) in [6.45, 7) is 11.5. The Morgan fingerprint density at radius 1 is 1.22 bits per heavy atom. The van der Waals surface area contributed by atoms with E-state index in [2.05, 4.69) is 34.8 Å². The number of alkyl carbamates (subject to hydrolysis) is 1. The molecule has 8 nitrogen and oxygen atoms in total. The van der Waals surface area contributed by atoms with Crippen LogP contribution < -0.4 is 10.2 Å². The monoisotopic (exact) mass is 489 g/mol. The van der Waals surface area contributed by atoms with Crippen molar-refractivity contribution in [3.05, 3.63) is 53.6 Å². The Morgan fingerprint density at radius 2 is 2.00 bits per heavy atom. The molecule has 8 heteroatoms. The van der Waals surface area contributed by atoms with Gasteiger partial charge in [0.1, 0.15) is 11.4 Å². The summed E-state index contributed by atoms with van der Waals surface area (Å²) in [5.74, 6) is 1.57. The van der Waals surface area contributed by atoms with Gasteiger partial charge in [-0.3, -0.25) is 9.78 Å². The van der Waals surface area contributed by atoms with E-state index in [1.807, 2.05) is 50.1 Å². The van der Waals surface area contributed by atoms with E-state index in [9.17, 15) is 9.59 Å². The molecule has 1 saturated carbocycles. The van der Waals surface area contributed by atoms with E-state index in [0.29, 0.717) is 19.0 Å². The molecule has 1 aliphatic heterocycles. The fraction of sp³-hybridized carbons (Fsp3) is 0.500. The van der Waals surface area contributed by atoms with Gasteiger partial charge < -0.3 is 19.5 Å². The molecule has 0 radical (unpaired) electrons. The molecule has 3 heterocycles. The van der Waals surface area contributed by atoms with Crippen molar-refractivity contribution in [1.82, 2.24) is 19.9 Å². The van der Waals surface area contributed by atoms with Gasteiger partial charge in [-0.1, -0.05) is 19.9 Å². The van der Waals surface area contributed by atoms with Gasteiger partial charge in [-0.25, -0.2) is 9.78 Å². The van der Waals surface area contributed by atoms with Crippen LogP contribution in [0.4, 0.5) is 10.5 Å². The van der Waals surface area contributed by atoms with Gasteiger partial charge in [0.05, 0.1) is 34.9 Å². The van der Waals surface area contributed by atoms with Gasteiger partial charge >= 0.3 is 6.09 Å². The Labute approximate surface area is 212 Å². The molecular weight excluding hydrogens is 454 g/mol. The van der Waals surface area contributed by atoms with E-state index in [-0.39, 0.29) is 11.3 Å². The summed E-state index contributed by atoms with van der Waals surface area (Å²) >= 11 is 0. The third kappa shape index (κ3) is 4.56. The molecule has 1 N–H and O–H groups in total. The molecule has 2 amide bonds. The molecule has 1 aromatic carbocycles. The fourth-order valence-corrected chi connectivity index (χ4v) is 4.98. The zero-order valence-electron chi connectivity index (χ0n) is 21.8. The van der Waals surface area contributed by atoms with E-state index in [0.717, 1.165) is 59.5 Å². The third-order valence-electron chi connectivity index (χ3n) is 6.97. The van der Waals surface area contributed by atoms with Crippen LogP contribution in [0.15, 0.2) is 36.7 Å². The Morgan fingerprint density at radius 3 is 2.69 bits per heavy atom. The van der Waals surface area contributed by atoms with Crippen LogP contribution in [-0.4, -0.2) is 32.1 Å². The average Bonchev–Trinajstić information content (AvgIpc) is 3.50. The zero-order valence-corrected chi connectivity index (χ0v) is 21.8. The second-order valence-electron chi connectivity index (χ2n) is 11.4. The summed E-state index contributed by atoms with van der Waals surface area (Å²) < 4.78 is 7.58. The van der Waals surface area contributed by atoms with E-state index < -0.39 is 11.7 Å². The molecule has 3 aromatic rings. The minimum absolute atomic E-state index is 0.162. The van der Waals surface area contributed by atoms with Crippen LogP contribution in [0.2, 0.25) is 0 Å². The summed E-state index contributed by atoms with van der Waals surface area (Å²) in [4.78, 5) is 36.7. The van der Waals surface area contributed by atoms with Gasteiger partial charge in [-0.15, -0.1) is 0 Å². The quantitative estimate of drug-likeness (QED) is 0.500. The minimum Gasteiger partial charge on any atom is -0.444 e. The van der Waals surface area contributed by atoms with E-state index in [4.69, 9.17) is 9.72 Å². The van der Waals surface area contributed by atoms with E-state index in [1.165, 1.54) is 0 Å². The molecule has 0 unspecified atom stereocenters. The number of benzene rings is 1. The fourth-order valence-electron chi connectivity index (χ4n) is 4.98. The van der Waals surface area contributed by atoms with Crippen LogP contribution in [-0.2, 0) is 34.6 Å². The van der Waals surface area contributed by atoms with Crippen LogP contribution in [0, 0.1) is 5.92 Å². The lowest BCUT2D eigenvalue weighted by atomic mass is 9.99. The lowest BCUT2D eigenvalue weighted by Gasteiger charge is -2.19. The molecular formula is C28H35N5O3. The summed E-state index contributed by atoms with van der Waals surface area (Å²) in [6.07, 6.45) is 5.95. The van der Waals surface area contributed by atoms with Gasteiger partial charge in [0.2, 0.25) is 5.91 Å². The number of carbonyl (C=O) groups is 2. The minimum atomic E-state index is -0.543. The first-order valence-electron chi connectivity index (χ1n) is 12.8. The van der Waals surface area contributed by atoms with Crippen molar-refractivity contribution in [1.29, 1.82) is 0 Å². The van der Waals surface area contributed by atoms with Crippen LogP contribution in [0.25, 0.3) is 11.0 Å². The number of nitrogens with one attached hydrogen (secondary N) is 1. The third-order valence-corrected chi connectivity index (χ3v) is 6.97. The first kappa shape index (κ1) is 24.3. The molecule has 1 spiro atoms. The second-order valence-corrected chi connectivity index (χ2v) is 11.4. The first-order valence-corrected chi connectivity index (χ1v) is 12.8. The van der Waals surface area contributed by atoms with Gasteiger partial charge in [-0.05, 0) is 75.3 Å². The van der Waals surface area contributed by atoms with E-state index >= 15 is 0 Å². The predicted molar refractivity (Wildman–Crippen MR) is 139 cm³/mol. The van der Waals surface area contributed by atoms with Crippen LogP contribution in [0.3, 0.4) is 0 Å². The molecule has 1 fully saturated rings. The molecule has 5 rings (SSSR count). The van der Waals surface area contributed by atoms with Gasteiger partial charge in [0, 0.05) is 19.3 Å². The predicted octanol–water partition coefficient (Wildman–Crippen LogP) is 5.08. The highest BCUT2D eigenvalue weighted by molar-refractivity contribution is 6.09. The number of aryl methyl sites for hydroxylation is 1. The second kappa shape index (κ2) is 8.91. The summed E-state index contributed by atoms with van der Waals surface area (Å²) in [5, 5.41) is 2.82. The molecule has 0 saturated heterocycles. The number of ether oxygens (including phenoxy) is 1. The van der Waals surface area contributed by atoms with Crippen molar-refractivity contribution in [3.8, 4) is 0 Å². The molecule has 36 heavy (non-hydrogen) atoms. The first-order chi connectivity index (χ1) is 17.1. The maximum atomic E-state index is 13.5. The molecule has 2 aliphatic rings. The zero-order chi connectivity index (χ0) is 25.7. The topological polar surface area (TPSA) is 89.4 Å². The molecule has 1 aliphatic carbocycles. The lowest BCUT2D eigenvalue weighted by Crippen LogP contribution is -2.32. The number of hydrogen-bond donors (Lipinski definition) is 1. The summed E-state index contributed by atoms with van der Waals surface area (Å²) in [5.41, 5.74) is 3.94. The van der Waals surface area contributed by atoms with E-state index in [1.54, 1.807) is 6.20 Å². The van der Waals surface area contributed by atoms with Gasteiger partial charge in [0.15, 0.2) is 0 Å². The molecule has 0 bridgehead atoms. The highest BCUT2D eigenvalue weighted by Gasteiger charge is 2.59. The van der Waals surface area contributed by atoms with Crippen molar-refractivity contribution in [2.75, 3.05) is 4.90 Å². The maximum absolute atomic E-state index is 13.5. The Bertz CT molecular complexity index is 1320. The Hall–Kier alpha value is -3.42. The number of pyridine rings is 1. The Balaban J connectivity index is 1.43. The van der Waals surface area contributed by atoms with Crippen molar-refractivity contribution < 1.29 is 14.3 Å². The highest BCUT2D eigenvalue weighted by atomic mass is 16.6. The summed E-state index contributed by atoms with van der Waals surface area (Å²) in [6, 6.07) is 8.07. The largest absolute Gasteiger partial charge is 0.444 e. The van der Waals surface area contributed by atoms with Crippen LogP contribution >= 0.6 is 0 Å². The maximum Gasteiger partial charge on any atom is 0.407 e. The summed E-state index contributed by atoms with van der Waals surface area (Å²) in [7, 11) is 0. The molecule has 190 valence electrons. The van der Waals surface area contributed by atoms with Crippen molar-refractivity contribution >= 4 is 28.7 Å². The smallest absolute Gasteiger partial charge is 0.407 e. The Kier molecular flexibility index (Phi) is 6.01. The number of carbonyl (C=O) groups excluding carboxylic acids is 2. The van der Waals surface area contributed by atoms with Crippen LogP contribution in [0.5, 0.6) is 0 Å². The SMILES string of the molecule is CC(C)CCn1c(CN2C(=O)C3(CC3)c3ccncc32)nc2cc(CNC(=O)OC(C)(C)C)ccc21. The van der Waals surface area contributed by atoms with Gasteiger partial charge in [-0.2, -0.15) is 0 Å². The highest BCUT2D eigenvalue weighted by Crippen LogP contribution is 2.57.